The number of ether oxygens (including phenoxy) is 1. The summed E-state index contributed by atoms with van der Waals surface area (Å²) in [5.74, 6) is 0.728. The Balaban J connectivity index is 2.55. The minimum atomic E-state index is -3.37. The molecular weight excluding hydrogens is 368 g/mol. The number of carbonyl (C=O) groups excluding carboxylic acids is 2. The van der Waals surface area contributed by atoms with Crippen LogP contribution in [0.3, 0.4) is 0 Å². The number of unbranched alkanes of at least 4 members (excludes halogenated alkanes) is 3. The molecule has 0 aromatic rings. The number of hydrogen-bond acceptors (Lipinski definition) is 4. The first kappa shape index (κ1) is 24.1. The van der Waals surface area contributed by atoms with Crippen molar-refractivity contribution in [2.75, 3.05) is 13.7 Å². The second kappa shape index (κ2) is 11.8. The van der Waals surface area contributed by atoms with Gasteiger partial charge in [-0.25, -0.2) is 0 Å². The van der Waals surface area contributed by atoms with Crippen LogP contribution in [0.5, 0.6) is 0 Å². The third kappa shape index (κ3) is 7.59. The SMILES string of the molecule is CC#CC[C@H](C)[C@H](O)C=C[C@H]1CC(F)(F)C(=O)N1CCCCCCC(=O)OC. The molecule has 1 aliphatic heterocycles. The number of halogens is 2. The predicted octanol–water partition coefficient (Wildman–Crippen LogP) is 3.31. The second-order valence-electron chi connectivity index (χ2n) is 7.20. The molecule has 1 fully saturated rings. The Hall–Kier alpha value is -1.94. The molecule has 0 bridgehead atoms. The highest BCUT2D eigenvalue weighted by atomic mass is 19.3. The van der Waals surface area contributed by atoms with E-state index in [1.807, 2.05) is 6.92 Å². The smallest absolute Gasteiger partial charge is 0.327 e. The summed E-state index contributed by atoms with van der Waals surface area (Å²) in [4.78, 5) is 24.3. The Labute approximate surface area is 166 Å². The lowest BCUT2D eigenvalue weighted by Gasteiger charge is -2.22. The van der Waals surface area contributed by atoms with Crippen molar-refractivity contribution in [2.45, 2.75) is 76.9 Å². The Morgan fingerprint density at radius 2 is 2.07 bits per heavy atom. The van der Waals surface area contributed by atoms with E-state index in [0.717, 1.165) is 12.8 Å². The van der Waals surface area contributed by atoms with Gasteiger partial charge in [0.25, 0.3) is 5.91 Å². The molecule has 0 aromatic heterocycles. The summed E-state index contributed by atoms with van der Waals surface area (Å²) in [5, 5.41) is 10.1. The lowest BCUT2D eigenvalue weighted by atomic mass is 10.00. The first-order chi connectivity index (χ1) is 13.2. The van der Waals surface area contributed by atoms with E-state index in [9.17, 15) is 23.5 Å². The van der Waals surface area contributed by atoms with Gasteiger partial charge in [0.2, 0.25) is 0 Å². The minimum absolute atomic E-state index is 0.121. The van der Waals surface area contributed by atoms with Gasteiger partial charge in [0.1, 0.15) is 0 Å². The van der Waals surface area contributed by atoms with Gasteiger partial charge in [-0.05, 0) is 25.7 Å². The van der Waals surface area contributed by atoms with Crippen molar-refractivity contribution in [1.82, 2.24) is 4.90 Å². The van der Waals surface area contributed by atoms with E-state index in [1.165, 1.54) is 24.2 Å². The molecule has 28 heavy (non-hydrogen) atoms. The number of methoxy groups -OCH3 is 1. The molecule has 0 saturated carbocycles. The number of amides is 1. The molecule has 5 nitrogen and oxygen atoms in total. The van der Waals surface area contributed by atoms with Crippen molar-refractivity contribution in [3.63, 3.8) is 0 Å². The van der Waals surface area contributed by atoms with Crippen LogP contribution in [0.1, 0.15) is 58.8 Å². The summed E-state index contributed by atoms with van der Waals surface area (Å²) in [6.07, 6.45) is 5.23. The van der Waals surface area contributed by atoms with E-state index >= 15 is 0 Å². The zero-order valence-electron chi connectivity index (χ0n) is 16.9. The van der Waals surface area contributed by atoms with Crippen LogP contribution in [-0.4, -0.2) is 53.6 Å². The fraction of sp³-hybridized carbons (Fsp3) is 0.714. The van der Waals surface area contributed by atoms with Crippen LogP contribution in [0.4, 0.5) is 8.78 Å². The Bertz CT molecular complexity index is 609. The van der Waals surface area contributed by atoms with Gasteiger partial charge in [-0.2, -0.15) is 8.78 Å². The number of nitrogens with zero attached hydrogens (tertiary/aromatic N) is 1. The van der Waals surface area contributed by atoms with Crippen LogP contribution in [0.25, 0.3) is 0 Å². The second-order valence-corrected chi connectivity index (χ2v) is 7.20. The maximum Gasteiger partial charge on any atom is 0.327 e. The van der Waals surface area contributed by atoms with E-state index in [4.69, 9.17) is 0 Å². The van der Waals surface area contributed by atoms with Gasteiger partial charge in [0, 0.05) is 25.8 Å². The normalized spacial score (nSPS) is 20.7. The van der Waals surface area contributed by atoms with Crippen LogP contribution in [0.15, 0.2) is 12.2 Å². The highest BCUT2D eigenvalue weighted by Crippen LogP contribution is 2.34. The zero-order chi connectivity index (χ0) is 21.2. The first-order valence-electron chi connectivity index (χ1n) is 9.74. The molecule has 7 heteroatoms. The van der Waals surface area contributed by atoms with Gasteiger partial charge >= 0.3 is 11.9 Å². The lowest BCUT2D eigenvalue weighted by molar-refractivity contribution is -0.148. The number of likely N-dealkylation sites (tertiary alicyclic amines) is 1. The summed E-state index contributed by atoms with van der Waals surface area (Å²) < 4.78 is 32.3. The van der Waals surface area contributed by atoms with E-state index in [1.54, 1.807) is 6.92 Å². The van der Waals surface area contributed by atoms with Crippen molar-refractivity contribution in [3.05, 3.63) is 12.2 Å². The number of carbonyl (C=O) groups is 2. The summed E-state index contributed by atoms with van der Waals surface area (Å²) in [6.45, 7) is 3.78. The van der Waals surface area contributed by atoms with E-state index < -0.39 is 30.4 Å². The quantitative estimate of drug-likeness (QED) is 0.251. The molecule has 0 radical (unpaired) electrons. The molecule has 1 heterocycles. The summed E-state index contributed by atoms with van der Waals surface area (Å²) in [7, 11) is 1.34. The number of esters is 1. The fourth-order valence-electron chi connectivity index (χ4n) is 3.08. The van der Waals surface area contributed by atoms with Crippen LogP contribution < -0.4 is 0 Å². The van der Waals surface area contributed by atoms with Crippen LogP contribution in [-0.2, 0) is 14.3 Å². The molecular formula is C21H31F2NO4. The Kier molecular flexibility index (Phi) is 10.2. The molecule has 3 atom stereocenters. The Morgan fingerprint density at radius 1 is 1.39 bits per heavy atom. The number of aliphatic hydroxyl groups excluding tert-OH is 1. The third-order valence-electron chi connectivity index (χ3n) is 4.91. The maximum atomic E-state index is 13.9. The van der Waals surface area contributed by atoms with Crippen LogP contribution in [0.2, 0.25) is 0 Å². The van der Waals surface area contributed by atoms with Gasteiger partial charge in [-0.1, -0.05) is 31.9 Å². The van der Waals surface area contributed by atoms with Crippen molar-refractivity contribution in [2.24, 2.45) is 5.92 Å². The van der Waals surface area contributed by atoms with Gasteiger partial charge in [-0.15, -0.1) is 11.8 Å². The first-order valence-corrected chi connectivity index (χ1v) is 9.74. The standard InChI is InChI=1S/C21H31F2NO4/c1-4-5-10-16(2)18(25)13-12-17-15-21(22,23)20(27)24(17)14-9-7-6-8-11-19(26)28-3/h12-13,16-18,25H,6-11,14-15H2,1-3H3/t16-,17-,18+/m0/s1. The third-order valence-corrected chi connectivity index (χ3v) is 4.91. The van der Waals surface area contributed by atoms with Gasteiger partial charge in [0.05, 0.1) is 19.3 Å². The predicted molar refractivity (Wildman–Crippen MR) is 103 cm³/mol. The molecule has 0 aliphatic carbocycles. The summed E-state index contributed by atoms with van der Waals surface area (Å²) in [6, 6.07) is -0.725. The summed E-state index contributed by atoms with van der Waals surface area (Å²) in [5.41, 5.74) is 0. The fourth-order valence-corrected chi connectivity index (χ4v) is 3.08. The molecule has 0 spiro atoms. The molecule has 0 unspecified atom stereocenters. The van der Waals surface area contributed by atoms with Crippen LogP contribution >= 0.6 is 0 Å². The molecule has 1 N–H and O–H groups in total. The van der Waals surface area contributed by atoms with Crippen molar-refractivity contribution in [3.8, 4) is 11.8 Å². The van der Waals surface area contributed by atoms with Crippen molar-refractivity contribution >= 4 is 11.9 Å². The van der Waals surface area contributed by atoms with E-state index in [-0.39, 0.29) is 18.4 Å². The van der Waals surface area contributed by atoms with Gasteiger partial charge in [0.15, 0.2) is 0 Å². The van der Waals surface area contributed by atoms with E-state index in [2.05, 4.69) is 16.6 Å². The highest BCUT2D eigenvalue weighted by molar-refractivity contribution is 5.86. The number of rotatable bonds is 11. The van der Waals surface area contributed by atoms with Crippen molar-refractivity contribution < 1.29 is 28.2 Å². The monoisotopic (exact) mass is 399 g/mol. The molecule has 0 aromatic carbocycles. The number of hydrogen-bond donors (Lipinski definition) is 1. The van der Waals surface area contributed by atoms with E-state index in [0.29, 0.717) is 25.7 Å². The number of alkyl halides is 2. The molecule has 1 amide bonds. The minimum Gasteiger partial charge on any atom is -0.469 e. The highest BCUT2D eigenvalue weighted by Gasteiger charge is 2.52. The lowest BCUT2D eigenvalue weighted by Crippen LogP contribution is -2.36. The maximum absolute atomic E-state index is 13.9. The van der Waals surface area contributed by atoms with Gasteiger partial charge < -0.3 is 14.7 Å². The Morgan fingerprint density at radius 3 is 2.71 bits per heavy atom. The van der Waals surface area contributed by atoms with Crippen molar-refractivity contribution in [1.29, 1.82) is 0 Å². The zero-order valence-corrected chi connectivity index (χ0v) is 16.9. The van der Waals surface area contributed by atoms with Gasteiger partial charge in [-0.3, -0.25) is 9.59 Å². The summed E-state index contributed by atoms with van der Waals surface area (Å²) >= 11 is 0. The molecule has 1 rings (SSSR count). The average molecular weight is 399 g/mol. The number of aliphatic hydroxyl groups is 1. The topological polar surface area (TPSA) is 66.8 Å². The largest absolute Gasteiger partial charge is 0.469 e. The molecule has 158 valence electrons. The average Bonchev–Trinajstić information content (AvgIpc) is 2.89. The molecule has 1 saturated heterocycles. The molecule has 1 aliphatic rings. The van der Waals surface area contributed by atoms with Crippen LogP contribution in [0, 0.1) is 17.8 Å².